The molecule has 4 heteroatoms. The molecule has 0 aromatic carbocycles. The lowest BCUT2D eigenvalue weighted by molar-refractivity contribution is 0.0962. The van der Waals surface area contributed by atoms with Crippen LogP contribution in [0.3, 0.4) is 0 Å². The van der Waals surface area contributed by atoms with Crippen molar-refractivity contribution in [2.75, 3.05) is 6.61 Å². The Labute approximate surface area is 75.7 Å². The summed E-state index contributed by atoms with van der Waals surface area (Å²) < 4.78 is 5.24. The topological polar surface area (TPSA) is 65.2 Å². The normalized spacial score (nSPS) is 15.1. The van der Waals surface area contributed by atoms with Crippen LogP contribution >= 0.6 is 0 Å². The van der Waals surface area contributed by atoms with Crippen LogP contribution in [-0.2, 0) is 17.8 Å². The van der Waals surface area contributed by atoms with Crippen LogP contribution in [0.1, 0.15) is 21.6 Å². The van der Waals surface area contributed by atoms with Crippen LogP contribution in [0.4, 0.5) is 0 Å². The Morgan fingerprint density at radius 3 is 3.23 bits per heavy atom. The van der Waals surface area contributed by atoms with E-state index in [0.29, 0.717) is 18.8 Å². The summed E-state index contributed by atoms with van der Waals surface area (Å²) in [7, 11) is 0. The Kier molecular flexibility index (Phi) is 1.98. The molecule has 4 nitrogen and oxygen atoms in total. The molecule has 1 aliphatic heterocycles. The smallest absolute Gasteiger partial charge is 0.249 e. The minimum absolute atomic E-state index is 0.413. The van der Waals surface area contributed by atoms with E-state index in [1.807, 2.05) is 0 Å². The first-order valence-corrected chi connectivity index (χ1v) is 4.13. The number of pyridine rings is 1. The Morgan fingerprint density at radius 2 is 2.46 bits per heavy atom. The zero-order valence-electron chi connectivity index (χ0n) is 7.12. The highest BCUT2D eigenvalue weighted by molar-refractivity contribution is 5.94. The molecule has 2 N–H and O–H groups in total. The number of aromatic nitrogens is 1. The predicted molar refractivity (Wildman–Crippen MR) is 46.1 cm³/mol. The van der Waals surface area contributed by atoms with Gasteiger partial charge in [0.25, 0.3) is 0 Å². The first-order valence-electron chi connectivity index (χ1n) is 4.13. The zero-order valence-corrected chi connectivity index (χ0v) is 7.12. The number of carbonyl (C=O) groups excluding carboxylic acids is 1. The molecule has 68 valence electrons. The number of fused-ring (bicyclic) bond motifs is 1. The van der Waals surface area contributed by atoms with Gasteiger partial charge >= 0.3 is 0 Å². The Balaban J connectivity index is 2.52. The molecule has 1 amide bonds. The molecule has 2 rings (SSSR count). The van der Waals surface area contributed by atoms with Crippen LogP contribution in [0.2, 0.25) is 0 Å². The highest BCUT2D eigenvalue weighted by Crippen LogP contribution is 2.17. The van der Waals surface area contributed by atoms with Crippen LogP contribution in [0.25, 0.3) is 0 Å². The molecule has 0 unspecified atom stereocenters. The summed E-state index contributed by atoms with van der Waals surface area (Å²) in [6.45, 7) is 1.11. The van der Waals surface area contributed by atoms with Crippen LogP contribution in [0.5, 0.6) is 0 Å². The first-order chi connectivity index (χ1) is 6.29. The van der Waals surface area contributed by atoms with Gasteiger partial charge in [-0.3, -0.25) is 9.78 Å². The molecule has 13 heavy (non-hydrogen) atoms. The third kappa shape index (κ3) is 1.40. The molecule has 0 fully saturated rings. The third-order valence-corrected chi connectivity index (χ3v) is 2.14. The van der Waals surface area contributed by atoms with Crippen LogP contribution in [-0.4, -0.2) is 17.5 Å². The van der Waals surface area contributed by atoms with Crippen LogP contribution in [0, 0.1) is 0 Å². The van der Waals surface area contributed by atoms with E-state index < -0.39 is 5.91 Å². The monoisotopic (exact) mass is 178 g/mol. The van der Waals surface area contributed by atoms with Gasteiger partial charge in [-0.2, -0.15) is 0 Å². The molecule has 0 spiro atoms. The molecule has 0 bridgehead atoms. The number of amides is 1. The lowest BCUT2D eigenvalue weighted by Crippen LogP contribution is -2.20. The van der Waals surface area contributed by atoms with Gasteiger partial charge in [0.15, 0.2) is 0 Å². The third-order valence-electron chi connectivity index (χ3n) is 2.14. The maximum Gasteiger partial charge on any atom is 0.249 e. The van der Waals surface area contributed by atoms with Crippen molar-refractivity contribution in [1.82, 2.24) is 4.98 Å². The minimum Gasteiger partial charge on any atom is -0.376 e. The molecule has 0 atom stereocenters. The summed E-state index contributed by atoms with van der Waals surface area (Å²) in [6, 6.07) is 1.63. The molecule has 0 aliphatic carbocycles. The molecule has 0 saturated heterocycles. The van der Waals surface area contributed by atoms with E-state index in [1.165, 1.54) is 0 Å². The average molecular weight is 178 g/mol. The number of primary amides is 1. The van der Waals surface area contributed by atoms with E-state index in [1.54, 1.807) is 12.3 Å². The van der Waals surface area contributed by atoms with E-state index in [2.05, 4.69) is 4.98 Å². The van der Waals surface area contributed by atoms with Crippen molar-refractivity contribution in [3.05, 3.63) is 29.1 Å². The van der Waals surface area contributed by atoms with Crippen LogP contribution < -0.4 is 5.73 Å². The van der Waals surface area contributed by atoms with E-state index in [9.17, 15) is 4.79 Å². The number of hydrogen-bond donors (Lipinski definition) is 1. The van der Waals surface area contributed by atoms with Gasteiger partial charge in [0, 0.05) is 29.4 Å². The second-order valence-electron chi connectivity index (χ2n) is 2.95. The van der Waals surface area contributed by atoms with Gasteiger partial charge in [0.05, 0.1) is 13.2 Å². The highest BCUT2D eigenvalue weighted by Gasteiger charge is 2.16. The van der Waals surface area contributed by atoms with Crippen molar-refractivity contribution >= 4 is 5.91 Å². The van der Waals surface area contributed by atoms with E-state index in [4.69, 9.17) is 10.5 Å². The molecular formula is C9H10N2O2. The summed E-state index contributed by atoms with van der Waals surface area (Å²) in [5.74, 6) is -0.413. The lowest BCUT2D eigenvalue weighted by Gasteiger charge is -2.16. The lowest BCUT2D eigenvalue weighted by atomic mass is 10.0. The summed E-state index contributed by atoms with van der Waals surface area (Å²) in [5.41, 5.74) is 7.53. The Morgan fingerprint density at radius 1 is 1.62 bits per heavy atom. The van der Waals surface area contributed by atoms with Crippen molar-refractivity contribution in [3.8, 4) is 0 Å². The van der Waals surface area contributed by atoms with E-state index >= 15 is 0 Å². The first kappa shape index (κ1) is 8.19. The van der Waals surface area contributed by atoms with Crippen molar-refractivity contribution in [2.24, 2.45) is 5.73 Å². The van der Waals surface area contributed by atoms with Crippen molar-refractivity contribution in [1.29, 1.82) is 0 Å². The number of carbonyl (C=O) groups is 1. The second kappa shape index (κ2) is 3.14. The predicted octanol–water partition coefficient (Wildman–Crippen LogP) is 0.253. The number of nitrogens with zero attached hydrogens (tertiary/aromatic N) is 1. The largest absolute Gasteiger partial charge is 0.376 e. The van der Waals surface area contributed by atoms with Gasteiger partial charge < -0.3 is 10.5 Å². The van der Waals surface area contributed by atoms with Crippen molar-refractivity contribution < 1.29 is 9.53 Å². The number of rotatable bonds is 1. The maximum atomic E-state index is 11.0. The molecular weight excluding hydrogens is 168 g/mol. The molecule has 2 heterocycles. The van der Waals surface area contributed by atoms with Gasteiger partial charge in [-0.1, -0.05) is 0 Å². The van der Waals surface area contributed by atoms with Crippen molar-refractivity contribution in [2.45, 2.75) is 13.0 Å². The summed E-state index contributed by atoms with van der Waals surface area (Å²) in [6.07, 6.45) is 2.38. The fourth-order valence-corrected chi connectivity index (χ4v) is 1.49. The fraction of sp³-hybridized carbons (Fsp3) is 0.333. The van der Waals surface area contributed by atoms with E-state index in [0.717, 1.165) is 17.7 Å². The summed E-state index contributed by atoms with van der Waals surface area (Å²) >= 11 is 0. The molecule has 0 radical (unpaired) electrons. The summed E-state index contributed by atoms with van der Waals surface area (Å²) in [5, 5.41) is 0. The minimum atomic E-state index is -0.413. The zero-order chi connectivity index (χ0) is 9.26. The van der Waals surface area contributed by atoms with Gasteiger partial charge in [0.1, 0.15) is 0 Å². The van der Waals surface area contributed by atoms with Gasteiger partial charge in [-0.25, -0.2) is 0 Å². The highest BCUT2D eigenvalue weighted by atomic mass is 16.5. The number of hydrogen-bond acceptors (Lipinski definition) is 3. The second-order valence-corrected chi connectivity index (χ2v) is 2.95. The molecule has 1 aromatic rings. The fourth-order valence-electron chi connectivity index (χ4n) is 1.49. The van der Waals surface area contributed by atoms with Gasteiger partial charge in [0.2, 0.25) is 5.91 Å². The Hall–Kier alpha value is -1.42. The number of ether oxygens (including phenoxy) is 1. The standard InChI is InChI=1S/C9H10N2O2/c10-9(12)6-1-3-11-8-2-4-13-5-7(6)8/h1,3H,2,4-5H2,(H2,10,12). The quantitative estimate of drug-likeness (QED) is 0.670. The van der Waals surface area contributed by atoms with Crippen molar-refractivity contribution in [3.63, 3.8) is 0 Å². The number of nitrogens with two attached hydrogens (primary N) is 1. The SMILES string of the molecule is NC(=O)c1ccnc2c1COCC2. The van der Waals surface area contributed by atoms with E-state index in [-0.39, 0.29) is 0 Å². The molecule has 1 aliphatic rings. The average Bonchev–Trinajstić information content (AvgIpc) is 2.17. The molecule has 0 saturated carbocycles. The Bertz CT molecular complexity index is 349. The van der Waals surface area contributed by atoms with Gasteiger partial charge in [-0.15, -0.1) is 0 Å². The maximum absolute atomic E-state index is 11.0. The van der Waals surface area contributed by atoms with Crippen LogP contribution in [0.15, 0.2) is 12.3 Å². The molecule has 1 aromatic heterocycles. The summed E-state index contributed by atoms with van der Waals surface area (Å²) in [4.78, 5) is 15.2. The van der Waals surface area contributed by atoms with Gasteiger partial charge in [-0.05, 0) is 6.07 Å².